The fourth-order valence-electron chi connectivity index (χ4n) is 4.28. The van der Waals surface area contributed by atoms with Crippen molar-refractivity contribution < 1.29 is 23.9 Å². The number of rotatable bonds is 6. The van der Waals surface area contributed by atoms with Crippen molar-refractivity contribution in [3.8, 4) is 6.07 Å². The van der Waals surface area contributed by atoms with Crippen LogP contribution in [0.5, 0.6) is 0 Å². The van der Waals surface area contributed by atoms with Gasteiger partial charge in [-0.3, -0.25) is 9.69 Å². The predicted octanol–water partition coefficient (Wildman–Crippen LogP) is 4.49. The molecule has 0 bridgehead atoms. The van der Waals surface area contributed by atoms with Gasteiger partial charge in [0.05, 0.1) is 37.4 Å². The zero-order valence-corrected chi connectivity index (χ0v) is 21.7. The molecule has 1 aliphatic heterocycles. The third kappa shape index (κ3) is 5.32. The third-order valence-electron chi connectivity index (χ3n) is 6.10. The van der Waals surface area contributed by atoms with E-state index in [0.29, 0.717) is 27.5 Å². The highest BCUT2D eigenvalue weighted by molar-refractivity contribution is 6.30. The van der Waals surface area contributed by atoms with Gasteiger partial charge in [-0.15, -0.1) is 0 Å². The van der Waals surface area contributed by atoms with Crippen molar-refractivity contribution in [1.29, 1.82) is 5.26 Å². The molecule has 0 saturated heterocycles. The molecule has 1 heterocycles. The van der Waals surface area contributed by atoms with Gasteiger partial charge in [-0.05, 0) is 54.1 Å². The van der Waals surface area contributed by atoms with E-state index in [4.69, 9.17) is 26.8 Å². The van der Waals surface area contributed by atoms with Crippen molar-refractivity contribution in [2.45, 2.75) is 5.92 Å². The highest BCUT2D eigenvalue weighted by atomic mass is 35.5. The van der Waals surface area contributed by atoms with Gasteiger partial charge >= 0.3 is 11.9 Å². The van der Waals surface area contributed by atoms with Gasteiger partial charge in [0, 0.05) is 22.0 Å². The number of ether oxygens (including phenoxy) is 2. The van der Waals surface area contributed by atoms with E-state index >= 15 is 0 Å². The molecular weight excluding hydrogens is 520 g/mol. The molecule has 0 saturated carbocycles. The summed E-state index contributed by atoms with van der Waals surface area (Å²) < 4.78 is 10.1. The van der Waals surface area contributed by atoms with Crippen molar-refractivity contribution >= 4 is 40.8 Å². The lowest BCUT2D eigenvalue weighted by Crippen LogP contribution is -2.40. The first kappa shape index (κ1) is 27.0. The lowest BCUT2D eigenvalue weighted by atomic mass is 9.81. The molecule has 39 heavy (non-hydrogen) atoms. The fraction of sp³-hybridized carbons (Fsp3) is 0.103. The Morgan fingerprint density at radius 2 is 1.54 bits per heavy atom. The lowest BCUT2D eigenvalue weighted by Gasteiger charge is -2.35. The summed E-state index contributed by atoms with van der Waals surface area (Å²) >= 11 is 5.90. The van der Waals surface area contributed by atoms with Crippen molar-refractivity contribution in [3.63, 3.8) is 0 Å². The molecule has 3 aromatic rings. The van der Waals surface area contributed by atoms with Gasteiger partial charge in [0.1, 0.15) is 11.5 Å². The molecule has 0 aliphatic carbocycles. The number of nitrogens with zero attached hydrogens (tertiary/aromatic N) is 2. The molecule has 0 radical (unpaired) electrons. The van der Waals surface area contributed by atoms with E-state index in [1.807, 2.05) is 0 Å². The molecular formula is C29H23ClN4O5. The number of nitriles is 1. The minimum Gasteiger partial charge on any atom is -0.466 e. The number of carbonyl (C=O) groups excluding carboxylic acids is 3. The maximum absolute atomic E-state index is 13.1. The topological polar surface area (TPSA) is 135 Å². The minimum atomic E-state index is -0.974. The average molecular weight is 543 g/mol. The first-order valence-corrected chi connectivity index (χ1v) is 12.0. The monoisotopic (exact) mass is 542 g/mol. The van der Waals surface area contributed by atoms with Crippen LogP contribution in [-0.4, -0.2) is 32.1 Å². The van der Waals surface area contributed by atoms with Crippen LogP contribution in [0.15, 0.2) is 102 Å². The molecule has 0 aromatic heterocycles. The smallest absolute Gasteiger partial charge is 0.355 e. The summed E-state index contributed by atoms with van der Waals surface area (Å²) in [5.41, 5.74) is 7.97. The number of methoxy groups -OCH3 is 2. The molecule has 3 N–H and O–H groups in total. The Balaban J connectivity index is 1.82. The van der Waals surface area contributed by atoms with E-state index in [1.54, 1.807) is 66.7 Å². The second kappa shape index (κ2) is 11.5. The van der Waals surface area contributed by atoms with Crippen LogP contribution in [0.2, 0.25) is 5.02 Å². The molecule has 9 nitrogen and oxygen atoms in total. The first-order valence-electron chi connectivity index (χ1n) is 11.6. The largest absolute Gasteiger partial charge is 0.466 e. The molecule has 3 aromatic carbocycles. The molecule has 0 spiro atoms. The Morgan fingerprint density at radius 3 is 2.10 bits per heavy atom. The van der Waals surface area contributed by atoms with Gasteiger partial charge in [0.25, 0.3) is 5.91 Å². The zero-order chi connectivity index (χ0) is 28.1. The van der Waals surface area contributed by atoms with Crippen LogP contribution in [0.3, 0.4) is 0 Å². The highest BCUT2D eigenvalue weighted by Gasteiger charge is 2.42. The molecule has 1 amide bonds. The van der Waals surface area contributed by atoms with Crippen molar-refractivity contribution in [2.75, 3.05) is 24.4 Å². The number of nitrogens with one attached hydrogen (secondary N) is 1. The van der Waals surface area contributed by atoms with Crippen LogP contribution < -0.4 is 16.0 Å². The first-order chi connectivity index (χ1) is 18.8. The Labute approximate surface area is 229 Å². The van der Waals surface area contributed by atoms with Crippen LogP contribution in [0, 0.1) is 11.3 Å². The fourth-order valence-corrected chi connectivity index (χ4v) is 4.41. The standard InChI is InChI=1S/C29H23ClN4O5/c1-38-28(36)24-23(17-6-4-3-5-7-17)22(16-31)26(32)34(25(24)29(37)39-2)21-14-8-18(9-15-21)27(35)33-20-12-10-19(30)11-13-20/h3-15,23H,32H2,1-2H3,(H,33,35). The number of nitrogens with two attached hydrogens (primary N) is 1. The van der Waals surface area contributed by atoms with Crippen LogP contribution >= 0.6 is 11.6 Å². The van der Waals surface area contributed by atoms with Gasteiger partial charge in [-0.25, -0.2) is 9.59 Å². The molecule has 4 rings (SSSR count). The summed E-state index contributed by atoms with van der Waals surface area (Å²) in [5.74, 6) is -3.11. The Kier molecular flexibility index (Phi) is 7.98. The molecule has 1 unspecified atom stereocenters. The molecule has 0 fully saturated rings. The number of amides is 1. The lowest BCUT2D eigenvalue weighted by molar-refractivity contribution is -0.139. The summed E-state index contributed by atoms with van der Waals surface area (Å²) in [6.07, 6.45) is 0. The third-order valence-corrected chi connectivity index (χ3v) is 6.35. The number of halogens is 1. The summed E-state index contributed by atoms with van der Waals surface area (Å²) in [5, 5.41) is 13.4. The van der Waals surface area contributed by atoms with E-state index in [0.717, 1.165) is 0 Å². The van der Waals surface area contributed by atoms with Crippen molar-refractivity contribution in [1.82, 2.24) is 0 Å². The van der Waals surface area contributed by atoms with Crippen LogP contribution in [-0.2, 0) is 19.1 Å². The maximum Gasteiger partial charge on any atom is 0.355 e. The number of allylic oxidation sites excluding steroid dienone is 1. The van der Waals surface area contributed by atoms with Gasteiger partial charge in [-0.1, -0.05) is 41.9 Å². The van der Waals surface area contributed by atoms with Crippen LogP contribution in [0.1, 0.15) is 21.8 Å². The second-order valence-corrected chi connectivity index (χ2v) is 8.78. The average Bonchev–Trinajstić information content (AvgIpc) is 2.97. The number of anilines is 2. The maximum atomic E-state index is 13.1. The van der Waals surface area contributed by atoms with E-state index in [9.17, 15) is 19.6 Å². The number of carbonyl (C=O) groups is 3. The number of esters is 2. The molecule has 1 aliphatic rings. The van der Waals surface area contributed by atoms with Crippen molar-refractivity contribution in [2.24, 2.45) is 5.73 Å². The SMILES string of the molecule is COC(=O)C1=C(C(=O)OC)N(c2ccc(C(=O)Nc3ccc(Cl)cc3)cc2)C(N)=C(C#N)C1c1ccccc1. The normalized spacial score (nSPS) is 14.9. The highest BCUT2D eigenvalue weighted by Crippen LogP contribution is 2.43. The molecule has 10 heteroatoms. The molecule has 196 valence electrons. The van der Waals surface area contributed by atoms with E-state index in [2.05, 4.69) is 11.4 Å². The Bertz CT molecular complexity index is 1520. The summed E-state index contributed by atoms with van der Waals surface area (Å²) in [6, 6.07) is 23.6. The van der Waals surface area contributed by atoms with Gasteiger partial charge in [-0.2, -0.15) is 5.26 Å². The summed E-state index contributed by atoms with van der Waals surface area (Å²) in [4.78, 5) is 40.3. The minimum absolute atomic E-state index is 0.0406. The second-order valence-electron chi connectivity index (χ2n) is 8.34. The number of hydrogen-bond acceptors (Lipinski definition) is 8. The van der Waals surface area contributed by atoms with E-state index < -0.39 is 17.9 Å². The van der Waals surface area contributed by atoms with E-state index in [-0.39, 0.29) is 28.6 Å². The van der Waals surface area contributed by atoms with Gasteiger partial charge in [0.2, 0.25) is 0 Å². The Morgan fingerprint density at radius 1 is 0.923 bits per heavy atom. The summed E-state index contributed by atoms with van der Waals surface area (Å²) in [7, 11) is 2.35. The van der Waals surface area contributed by atoms with Gasteiger partial charge < -0.3 is 20.5 Å². The molecule has 1 atom stereocenters. The summed E-state index contributed by atoms with van der Waals surface area (Å²) in [6.45, 7) is 0. The zero-order valence-electron chi connectivity index (χ0n) is 21.0. The van der Waals surface area contributed by atoms with E-state index in [1.165, 1.54) is 31.3 Å². The van der Waals surface area contributed by atoms with Crippen LogP contribution in [0.25, 0.3) is 0 Å². The predicted molar refractivity (Wildman–Crippen MR) is 145 cm³/mol. The number of hydrogen-bond donors (Lipinski definition) is 2. The van der Waals surface area contributed by atoms with Gasteiger partial charge in [0.15, 0.2) is 0 Å². The van der Waals surface area contributed by atoms with Crippen molar-refractivity contribution in [3.05, 3.63) is 118 Å². The quantitative estimate of drug-likeness (QED) is 0.435. The number of benzene rings is 3. The Hall–Kier alpha value is -5.07. The van der Waals surface area contributed by atoms with Crippen LogP contribution in [0.4, 0.5) is 11.4 Å².